The molecule has 0 saturated carbocycles. The molecule has 0 unspecified atom stereocenters. The summed E-state index contributed by atoms with van der Waals surface area (Å²) < 4.78 is 10.0. The summed E-state index contributed by atoms with van der Waals surface area (Å²) in [6.45, 7) is 6.92. The minimum atomic E-state index is -0.544. The van der Waals surface area contributed by atoms with Crippen LogP contribution >= 0.6 is 0 Å². The van der Waals surface area contributed by atoms with Gasteiger partial charge in [-0.2, -0.15) is 0 Å². The number of ether oxygens (including phenoxy) is 1. The molecule has 0 aliphatic carbocycles. The van der Waals surface area contributed by atoms with E-state index in [1.807, 2.05) is 0 Å². The highest BCUT2D eigenvalue weighted by Crippen LogP contribution is 2.10. The third kappa shape index (κ3) is 5.42. The zero-order valence-electron chi connectivity index (χ0n) is 10.9. The number of carbonyl (C=O) groups excluding carboxylic acids is 2. The summed E-state index contributed by atoms with van der Waals surface area (Å²) in [5.74, 6) is -0.429. The summed E-state index contributed by atoms with van der Waals surface area (Å²) in [6.07, 6.45) is 0.0204. The summed E-state index contributed by atoms with van der Waals surface area (Å²) in [4.78, 5) is 22.8. The van der Waals surface area contributed by atoms with Crippen LogP contribution in [-0.2, 0) is 14.3 Å². The summed E-state index contributed by atoms with van der Waals surface area (Å²) in [5, 5.41) is 9.56. The zero-order valence-corrected chi connectivity index (χ0v) is 10.9. The van der Waals surface area contributed by atoms with Crippen LogP contribution in [0.15, 0.2) is 4.42 Å². The normalized spacial score (nSPS) is 11.1. The van der Waals surface area contributed by atoms with Crippen molar-refractivity contribution in [2.45, 2.75) is 46.1 Å². The van der Waals surface area contributed by atoms with Crippen molar-refractivity contribution < 1.29 is 18.7 Å². The van der Waals surface area contributed by atoms with Crippen molar-refractivity contribution in [3.8, 4) is 0 Å². The number of anilines is 1. The Labute approximate surface area is 105 Å². The molecule has 7 nitrogen and oxygen atoms in total. The van der Waals surface area contributed by atoms with Gasteiger partial charge in [-0.05, 0) is 20.8 Å². The maximum Gasteiger partial charge on any atom is 0.322 e. The standard InChI is InChI=1S/C11H17N3O4/c1-7-13-14-10(17-7)12-8(15)5-6-9(16)18-11(2,3)4/h5-6H2,1-4H3,(H,12,14,15). The highest BCUT2D eigenvalue weighted by atomic mass is 16.6. The van der Waals surface area contributed by atoms with Gasteiger partial charge < -0.3 is 9.15 Å². The average Bonchev–Trinajstić information content (AvgIpc) is 2.58. The van der Waals surface area contributed by atoms with Crippen LogP contribution in [0.3, 0.4) is 0 Å². The predicted octanol–water partition coefficient (Wildman–Crippen LogP) is 1.44. The molecule has 18 heavy (non-hydrogen) atoms. The number of hydrogen-bond donors (Lipinski definition) is 1. The van der Waals surface area contributed by atoms with Gasteiger partial charge in [-0.1, -0.05) is 5.10 Å². The highest BCUT2D eigenvalue weighted by molar-refractivity contribution is 5.90. The van der Waals surface area contributed by atoms with Crippen molar-refractivity contribution in [1.29, 1.82) is 0 Å². The Hall–Kier alpha value is -1.92. The van der Waals surface area contributed by atoms with Gasteiger partial charge in [0.15, 0.2) is 0 Å². The molecule has 0 saturated heterocycles. The molecule has 1 amide bonds. The van der Waals surface area contributed by atoms with E-state index < -0.39 is 11.6 Å². The van der Waals surface area contributed by atoms with Crippen LogP contribution in [0.5, 0.6) is 0 Å². The topological polar surface area (TPSA) is 94.3 Å². The molecule has 100 valence electrons. The molecule has 0 atom stereocenters. The third-order valence-electron chi connectivity index (χ3n) is 1.75. The smallest absolute Gasteiger partial charge is 0.322 e. The van der Waals surface area contributed by atoms with Gasteiger partial charge in [0, 0.05) is 13.3 Å². The Morgan fingerprint density at radius 2 is 1.94 bits per heavy atom. The molecule has 7 heteroatoms. The van der Waals surface area contributed by atoms with E-state index in [9.17, 15) is 9.59 Å². The lowest BCUT2D eigenvalue weighted by atomic mass is 10.2. The quantitative estimate of drug-likeness (QED) is 0.818. The summed E-state index contributed by atoms with van der Waals surface area (Å²) in [7, 11) is 0. The van der Waals surface area contributed by atoms with Gasteiger partial charge in [0.05, 0.1) is 6.42 Å². The fourth-order valence-corrected chi connectivity index (χ4v) is 1.14. The molecule has 0 aromatic carbocycles. The summed E-state index contributed by atoms with van der Waals surface area (Å²) >= 11 is 0. The van der Waals surface area contributed by atoms with Crippen LogP contribution in [0.2, 0.25) is 0 Å². The Bertz CT molecular complexity index is 434. The molecule has 1 aromatic heterocycles. The maximum absolute atomic E-state index is 11.4. The Balaban J connectivity index is 2.31. The Morgan fingerprint density at radius 3 is 2.44 bits per heavy atom. The number of carbonyl (C=O) groups is 2. The molecule has 0 spiro atoms. The lowest BCUT2D eigenvalue weighted by Crippen LogP contribution is -2.24. The number of nitrogens with zero attached hydrogens (tertiary/aromatic N) is 2. The second-order valence-corrected chi connectivity index (χ2v) is 4.76. The largest absolute Gasteiger partial charge is 0.460 e. The fraction of sp³-hybridized carbons (Fsp3) is 0.636. The summed E-state index contributed by atoms with van der Waals surface area (Å²) in [6, 6.07) is 0.0293. The first-order valence-corrected chi connectivity index (χ1v) is 5.58. The van der Waals surface area contributed by atoms with E-state index in [2.05, 4.69) is 15.5 Å². The van der Waals surface area contributed by atoms with Gasteiger partial charge in [0.25, 0.3) is 0 Å². The number of hydrogen-bond acceptors (Lipinski definition) is 6. The monoisotopic (exact) mass is 255 g/mol. The van der Waals surface area contributed by atoms with Crippen molar-refractivity contribution in [2.24, 2.45) is 0 Å². The number of nitrogens with one attached hydrogen (secondary N) is 1. The SMILES string of the molecule is Cc1nnc(NC(=O)CCC(=O)OC(C)(C)C)o1. The van der Waals surface area contributed by atoms with E-state index in [1.165, 1.54) is 0 Å². The van der Waals surface area contributed by atoms with Crippen molar-refractivity contribution in [1.82, 2.24) is 10.2 Å². The first kappa shape index (κ1) is 14.1. The van der Waals surface area contributed by atoms with Gasteiger partial charge in [-0.25, -0.2) is 0 Å². The number of esters is 1. The van der Waals surface area contributed by atoms with E-state index in [1.54, 1.807) is 27.7 Å². The molecule has 1 aromatic rings. The maximum atomic E-state index is 11.4. The van der Waals surface area contributed by atoms with Crippen LogP contribution in [-0.4, -0.2) is 27.7 Å². The average molecular weight is 255 g/mol. The fourth-order valence-electron chi connectivity index (χ4n) is 1.14. The zero-order chi connectivity index (χ0) is 13.8. The molecular formula is C11H17N3O4. The van der Waals surface area contributed by atoms with E-state index in [0.717, 1.165) is 0 Å². The highest BCUT2D eigenvalue weighted by Gasteiger charge is 2.17. The van der Waals surface area contributed by atoms with Gasteiger partial charge in [-0.15, -0.1) is 5.10 Å². The molecule has 0 aliphatic heterocycles. The van der Waals surface area contributed by atoms with E-state index in [-0.39, 0.29) is 24.8 Å². The van der Waals surface area contributed by atoms with Crippen LogP contribution in [0, 0.1) is 6.92 Å². The van der Waals surface area contributed by atoms with E-state index in [4.69, 9.17) is 9.15 Å². The van der Waals surface area contributed by atoms with Crippen molar-refractivity contribution >= 4 is 17.9 Å². The van der Waals surface area contributed by atoms with Crippen molar-refractivity contribution in [2.75, 3.05) is 5.32 Å². The second-order valence-electron chi connectivity index (χ2n) is 4.76. The first-order valence-electron chi connectivity index (χ1n) is 5.58. The predicted molar refractivity (Wildman–Crippen MR) is 62.7 cm³/mol. The molecule has 0 fully saturated rings. The number of aromatic nitrogens is 2. The van der Waals surface area contributed by atoms with Gasteiger partial charge >= 0.3 is 12.0 Å². The van der Waals surface area contributed by atoms with Crippen LogP contribution < -0.4 is 5.32 Å². The number of amides is 1. The lowest BCUT2D eigenvalue weighted by molar-refractivity contribution is -0.155. The molecule has 1 rings (SSSR count). The molecule has 0 bridgehead atoms. The minimum absolute atomic E-state index is 0.0101. The minimum Gasteiger partial charge on any atom is -0.460 e. The molecule has 0 radical (unpaired) electrons. The second kappa shape index (κ2) is 5.61. The lowest BCUT2D eigenvalue weighted by Gasteiger charge is -2.19. The van der Waals surface area contributed by atoms with Gasteiger partial charge in [0.2, 0.25) is 11.8 Å². The van der Waals surface area contributed by atoms with Crippen LogP contribution in [0.1, 0.15) is 39.5 Å². The van der Waals surface area contributed by atoms with Crippen molar-refractivity contribution in [3.05, 3.63) is 5.89 Å². The third-order valence-corrected chi connectivity index (χ3v) is 1.75. The molecule has 1 N–H and O–H groups in total. The van der Waals surface area contributed by atoms with Gasteiger partial charge in [0.1, 0.15) is 5.60 Å². The molecular weight excluding hydrogens is 238 g/mol. The van der Waals surface area contributed by atoms with Crippen LogP contribution in [0.25, 0.3) is 0 Å². The molecule has 0 aliphatic rings. The first-order chi connectivity index (χ1) is 8.26. The van der Waals surface area contributed by atoms with E-state index >= 15 is 0 Å². The van der Waals surface area contributed by atoms with Crippen LogP contribution in [0.4, 0.5) is 6.01 Å². The number of aryl methyl sites for hydroxylation is 1. The van der Waals surface area contributed by atoms with Crippen molar-refractivity contribution in [3.63, 3.8) is 0 Å². The van der Waals surface area contributed by atoms with E-state index in [0.29, 0.717) is 5.89 Å². The Kier molecular flexibility index (Phi) is 4.41. The molecule has 1 heterocycles. The number of rotatable bonds is 4. The van der Waals surface area contributed by atoms with Gasteiger partial charge in [-0.3, -0.25) is 14.9 Å². The Morgan fingerprint density at radius 1 is 1.28 bits per heavy atom. The summed E-state index contributed by atoms with van der Waals surface area (Å²) in [5.41, 5.74) is -0.544.